The van der Waals surface area contributed by atoms with Crippen molar-refractivity contribution >= 4 is 29.9 Å². The molecule has 0 aliphatic rings. The van der Waals surface area contributed by atoms with Crippen LogP contribution >= 0.6 is 24.0 Å². The van der Waals surface area contributed by atoms with Gasteiger partial charge in [0, 0.05) is 18.2 Å². The Morgan fingerprint density at radius 3 is 2.59 bits per heavy atom. The lowest BCUT2D eigenvalue weighted by Crippen LogP contribution is -2.36. The van der Waals surface area contributed by atoms with Crippen molar-refractivity contribution in [3.05, 3.63) is 41.3 Å². The first-order valence-electron chi connectivity index (χ1n) is 8.76. The number of nitrogens with zero attached hydrogens (tertiary/aromatic N) is 2. The zero-order valence-electron chi connectivity index (χ0n) is 16.5. The zero-order valence-corrected chi connectivity index (χ0v) is 18.9. The fourth-order valence-corrected chi connectivity index (χ4v) is 2.44. The molecule has 1 aromatic carbocycles. The number of methoxy groups -OCH3 is 2. The van der Waals surface area contributed by atoms with Gasteiger partial charge in [-0.25, -0.2) is 4.99 Å². The second kappa shape index (κ2) is 11.7. The maximum Gasteiger partial charge on any atom is 0.191 e. The molecular formula is C19H29IN4O3. The number of halogens is 1. The third kappa shape index (κ3) is 6.60. The molecule has 0 saturated carbocycles. The van der Waals surface area contributed by atoms with E-state index < -0.39 is 0 Å². The van der Waals surface area contributed by atoms with E-state index in [-0.39, 0.29) is 24.0 Å². The van der Waals surface area contributed by atoms with Gasteiger partial charge in [-0.15, -0.1) is 24.0 Å². The summed E-state index contributed by atoms with van der Waals surface area (Å²) in [5, 5.41) is 10.6. The van der Waals surface area contributed by atoms with Gasteiger partial charge in [0.2, 0.25) is 0 Å². The van der Waals surface area contributed by atoms with Crippen LogP contribution < -0.4 is 20.1 Å². The molecule has 0 aliphatic heterocycles. The first kappa shape index (κ1) is 23.1. The Hall–Kier alpha value is -1.97. The number of hydrogen-bond acceptors (Lipinski definition) is 5. The number of para-hydroxylation sites is 1. The zero-order chi connectivity index (χ0) is 18.9. The van der Waals surface area contributed by atoms with E-state index in [9.17, 15) is 0 Å². The third-order valence-electron chi connectivity index (χ3n) is 3.84. The van der Waals surface area contributed by atoms with Gasteiger partial charge in [0.1, 0.15) is 0 Å². The van der Waals surface area contributed by atoms with E-state index in [1.54, 1.807) is 14.2 Å². The molecule has 0 saturated heterocycles. The van der Waals surface area contributed by atoms with Crippen LogP contribution in [0.2, 0.25) is 0 Å². The third-order valence-corrected chi connectivity index (χ3v) is 3.84. The summed E-state index contributed by atoms with van der Waals surface area (Å²) in [6.45, 7) is 7.93. The van der Waals surface area contributed by atoms with Gasteiger partial charge in [0.15, 0.2) is 23.2 Å². The molecule has 0 spiro atoms. The maximum absolute atomic E-state index is 5.46. The van der Waals surface area contributed by atoms with E-state index in [1.807, 2.05) is 31.2 Å². The van der Waals surface area contributed by atoms with Crippen LogP contribution in [0.25, 0.3) is 0 Å². The molecule has 0 unspecified atom stereocenters. The van der Waals surface area contributed by atoms with Crippen molar-refractivity contribution in [1.82, 2.24) is 15.8 Å². The van der Waals surface area contributed by atoms with E-state index in [2.05, 4.69) is 34.6 Å². The van der Waals surface area contributed by atoms with Crippen LogP contribution in [0, 0.1) is 0 Å². The van der Waals surface area contributed by atoms with Gasteiger partial charge in [0.25, 0.3) is 0 Å². The van der Waals surface area contributed by atoms with Crippen LogP contribution in [-0.4, -0.2) is 31.9 Å². The van der Waals surface area contributed by atoms with Gasteiger partial charge < -0.3 is 24.6 Å². The number of nitrogens with one attached hydrogen (secondary N) is 2. The Balaban J connectivity index is 0.00000364. The first-order valence-corrected chi connectivity index (χ1v) is 8.76. The Morgan fingerprint density at radius 1 is 1.22 bits per heavy atom. The molecule has 27 heavy (non-hydrogen) atoms. The minimum atomic E-state index is 0. The van der Waals surface area contributed by atoms with Crippen molar-refractivity contribution in [3.8, 4) is 11.5 Å². The van der Waals surface area contributed by atoms with Crippen molar-refractivity contribution in [2.45, 2.75) is 39.8 Å². The fraction of sp³-hybridized carbons (Fsp3) is 0.474. The second-order valence-electron chi connectivity index (χ2n) is 6.07. The van der Waals surface area contributed by atoms with Crippen LogP contribution in [0.3, 0.4) is 0 Å². The minimum Gasteiger partial charge on any atom is -0.493 e. The molecule has 0 fully saturated rings. The lowest BCUT2D eigenvalue weighted by atomic mass is 10.1. The smallest absolute Gasteiger partial charge is 0.191 e. The molecule has 1 aromatic heterocycles. The lowest BCUT2D eigenvalue weighted by molar-refractivity contribution is 0.352. The maximum atomic E-state index is 5.46. The molecule has 0 radical (unpaired) electrons. The SMILES string of the molecule is CCNC(=NCc1cccc(OC)c1OC)NCc1cc(C(C)C)no1.I. The van der Waals surface area contributed by atoms with Crippen molar-refractivity contribution in [2.75, 3.05) is 20.8 Å². The Bertz CT molecular complexity index is 731. The number of benzene rings is 1. The van der Waals surface area contributed by atoms with Crippen LogP contribution in [0.4, 0.5) is 0 Å². The van der Waals surface area contributed by atoms with Crippen molar-refractivity contribution in [3.63, 3.8) is 0 Å². The summed E-state index contributed by atoms with van der Waals surface area (Å²) in [5.74, 6) is 3.21. The summed E-state index contributed by atoms with van der Waals surface area (Å²) in [5.41, 5.74) is 1.90. The average molecular weight is 488 g/mol. The van der Waals surface area contributed by atoms with Crippen molar-refractivity contribution < 1.29 is 14.0 Å². The number of ether oxygens (including phenoxy) is 2. The predicted molar refractivity (Wildman–Crippen MR) is 117 cm³/mol. The average Bonchev–Trinajstić information content (AvgIpc) is 3.12. The van der Waals surface area contributed by atoms with Gasteiger partial charge in [-0.3, -0.25) is 0 Å². The minimum absolute atomic E-state index is 0. The molecule has 2 rings (SSSR count). The molecule has 2 aromatic rings. The van der Waals surface area contributed by atoms with E-state index >= 15 is 0 Å². The summed E-state index contributed by atoms with van der Waals surface area (Å²) < 4.78 is 16.1. The van der Waals surface area contributed by atoms with E-state index in [4.69, 9.17) is 14.0 Å². The van der Waals surface area contributed by atoms with Crippen molar-refractivity contribution in [2.24, 2.45) is 4.99 Å². The molecule has 150 valence electrons. The molecule has 0 bridgehead atoms. The molecule has 0 atom stereocenters. The molecule has 1 heterocycles. The summed E-state index contributed by atoms with van der Waals surface area (Å²) in [4.78, 5) is 4.62. The quantitative estimate of drug-likeness (QED) is 0.335. The number of aromatic nitrogens is 1. The number of hydrogen-bond donors (Lipinski definition) is 2. The Morgan fingerprint density at radius 2 is 2.00 bits per heavy atom. The van der Waals surface area contributed by atoms with Crippen LogP contribution in [0.15, 0.2) is 33.8 Å². The van der Waals surface area contributed by atoms with Gasteiger partial charge in [0.05, 0.1) is 33.0 Å². The molecule has 7 nitrogen and oxygen atoms in total. The summed E-state index contributed by atoms with van der Waals surface area (Å²) in [6, 6.07) is 7.73. The summed E-state index contributed by atoms with van der Waals surface area (Å²) >= 11 is 0. The van der Waals surface area contributed by atoms with Gasteiger partial charge in [-0.1, -0.05) is 31.1 Å². The highest BCUT2D eigenvalue weighted by atomic mass is 127. The number of rotatable bonds is 8. The summed E-state index contributed by atoms with van der Waals surface area (Å²) in [7, 11) is 3.25. The normalized spacial score (nSPS) is 11.1. The van der Waals surface area contributed by atoms with Crippen LogP contribution in [0.5, 0.6) is 11.5 Å². The standard InChI is InChI=1S/C19H28N4O3.HI/c1-6-20-19(22-12-15-10-16(13(2)3)23-26-15)21-11-14-8-7-9-17(24-4)18(14)25-5;/h7-10,13H,6,11-12H2,1-5H3,(H2,20,21,22);1H. The molecule has 2 N–H and O–H groups in total. The fourth-order valence-electron chi connectivity index (χ4n) is 2.44. The highest BCUT2D eigenvalue weighted by molar-refractivity contribution is 14.0. The Kier molecular flexibility index (Phi) is 9.98. The van der Waals surface area contributed by atoms with Crippen LogP contribution in [-0.2, 0) is 13.1 Å². The van der Waals surface area contributed by atoms with Gasteiger partial charge in [-0.2, -0.15) is 0 Å². The highest BCUT2D eigenvalue weighted by Gasteiger charge is 2.10. The molecule has 0 amide bonds. The Labute approximate surface area is 177 Å². The topological polar surface area (TPSA) is 80.9 Å². The van der Waals surface area contributed by atoms with Crippen LogP contribution in [0.1, 0.15) is 43.7 Å². The monoisotopic (exact) mass is 488 g/mol. The lowest BCUT2D eigenvalue weighted by Gasteiger charge is -2.13. The number of guanidine groups is 1. The van der Waals surface area contributed by atoms with Gasteiger partial charge in [-0.05, 0) is 18.9 Å². The van der Waals surface area contributed by atoms with E-state index in [0.29, 0.717) is 36.5 Å². The first-order chi connectivity index (χ1) is 12.6. The predicted octanol–water partition coefficient (Wildman–Crippen LogP) is 3.69. The number of aliphatic imine (C=N–C) groups is 1. The molecular weight excluding hydrogens is 459 g/mol. The van der Waals surface area contributed by atoms with Gasteiger partial charge >= 0.3 is 0 Å². The highest BCUT2D eigenvalue weighted by Crippen LogP contribution is 2.31. The molecule has 0 aliphatic carbocycles. The van der Waals surface area contributed by atoms with E-state index in [1.165, 1.54) is 0 Å². The summed E-state index contributed by atoms with van der Waals surface area (Å²) in [6.07, 6.45) is 0. The molecule has 8 heteroatoms. The largest absolute Gasteiger partial charge is 0.493 e. The van der Waals surface area contributed by atoms with E-state index in [0.717, 1.165) is 23.6 Å². The second-order valence-corrected chi connectivity index (χ2v) is 6.07. The van der Waals surface area contributed by atoms with Crippen molar-refractivity contribution in [1.29, 1.82) is 0 Å².